The van der Waals surface area contributed by atoms with Crippen LogP contribution in [0, 0.1) is 5.92 Å². The maximum Gasteiger partial charge on any atom is 0.326 e. The van der Waals surface area contributed by atoms with Crippen molar-refractivity contribution in [3.05, 3.63) is 0 Å². The van der Waals surface area contributed by atoms with Crippen LogP contribution in [0.5, 0.6) is 0 Å². The third-order valence-electron chi connectivity index (χ3n) is 4.03. The van der Waals surface area contributed by atoms with Gasteiger partial charge in [0.1, 0.15) is 6.04 Å². The highest BCUT2D eigenvalue weighted by Gasteiger charge is 2.36. The second-order valence-corrected chi connectivity index (χ2v) is 5.69. The molecule has 116 valence electrons. The van der Waals surface area contributed by atoms with Crippen LogP contribution < -0.4 is 0 Å². The van der Waals surface area contributed by atoms with E-state index in [1.54, 1.807) is 14.0 Å². The predicted molar refractivity (Wildman–Crippen MR) is 75.5 cm³/mol. The van der Waals surface area contributed by atoms with Gasteiger partial charge in [-0.25, -0.2) is 9.59 Å². The quantitative estimate of drug-likeness (QED) is 0.800. The number of aliphatic hydroxyl groups is 1. The van der Waals surface area contributed by atoms with Gasteiger partial charge in [0.25, 0.3) is 0 Å². The molecule has 0 saturated carbocycles. The zero-order valence-electron chi connectivity index (χ0n) is 12.6. The number of aliphatic carboxylic acids is 1. The number of likely N-dealkylation sites (tertiary alicyclic amines) is 1. The SMILES string of the molecule is CCC1CCN(C(=O)N(C)CCC(C)O)C(C(=O)O)C1. The molecule has 0 bridgehead atoms. The molecular weight excluding hydrogens is 260 g/mol. The first-order valence-electron chi connectivity index (χ1n) is 7.29. The van der Waals surface area contributed by atoms with Crippen LogP contribution in [0.3, 0.4) is 0 Å². The van der Waals surface area contributed by atoms with Gasteiger partial charge in [0.05, 0.1) is 6.10 Å². The summed E-state index contributed by atoms with van der Waals surface area (Å²) in [6.07, 6.45) is 2.36. The number of amides is 2. The molecule has 20 heavy (non-hydrogen) atoms. The number of hydrogen-bond donors (Lipinski definition) is 2. The number of aliphatic hydroxyl groups excluding tert-OH is 1. The number of carboxylic acids is 1. The van der Waals surface area contributed by atoms with E-state index in [1.165, 1.54) is 9.80 Å². The van der Waals surface area contributed by atoms with Crippen LogP contribution in [0.2, 0.25) is 0 Å². The Labute approximate surface area is 120 Å². The van der Waals surface area contributed by atoms with E-state index in [2.05, 4.69) is 6.92 Å². The summed E-state index contributed by atoms with van der Waals surface area (Å²) < 4.78 is 0. The van der Waals surface area contributed by atoms with Gasteiger partial charge in [-0.3, -0.25) is 0 Å². The van der Waals surface area contributed by atoms with Gasteiger partial charge < -0.3 is 20.0 Å². The summed E-state index contributed by atoms with van der Waals surface area (Å²) in [6, 6.07) is -0.984. The minimum atomic E-state index is -0.930. The smallest absolute Gasteiger partial charge is 0.326 e. The Kier molecular flexibility index (Phi) is 6.26. The molecule has 1 aliphatic rings. The highest BCUT2D eigenvalue weighted by Crippen LogP contribution is 2.26. The van der Waals surface area contributed by atoms with E-state index in [1.807, 2.05) is 0 Å². The molecular formula is C14H26N2O4. The lowest BCUT2D eigenvalue weighted by molar-refractivity contribution is -0.144. The molecule has 0 aromatic rings. The second kappa shape index (κ2) is 7.47. The summed E-state index contributed by atoms with van der Waals surface area (Å²) >= 11 is 0. The summed E-state index contributed by atoms with van der Waals surface area (Å²) in [6.45, 7) is 4.64. The Hall–Kier alpha value is -1.30. The van der Waals surface area contributed by atoms with E-state index in [9.17, 15) is 19.8 Å². The Morgan fingerprint density at radius 2 is 2.10 bits per heavy atom. The highest BCUT2D eigenvalue weighted by molar-refractivity contribution is 5.82. The fraction of sp³-hybridized carbons (Fsp3) is 0.857. The molecule has 3 atom stereocenters. The van der Waals surface area contributed by atoms with Crippen molar-refractivity contribution in [2.45, 2.75) is 51.7 Å². The van der Waals surface area contributed by atoms with Gasteiger partial charge in [-0.15, -0.1) is 0 Å². The topological polar surface area (TPSA) is 81.1 Å². The predicted octanol–water partition coefficient (Wildman–Crippen LogP) is 1.38. The van der Waals surface area contributed by atoms with Crippen molar-refractivity contribution in [3.8, 4) is 0 Å². The van der Waals surface area contributed by atoms with Crippen LogP contribution in [0.25, 0.3) is 0 Å². The van der Waals surface area contributed by atoms with Crippen LogP contribution in [-0.2, 0) is 4.79 Å². The number of carbonyl (C=O) groups is 2. The molecule has 2 N–H and O–H groups in total. The molecule has 0 aliphatic carbocycles. The van der Waals surface area contributed by atoms with Crippen LogP contribution in [0.4, 0.5) is 4.79 Å². The Morgan fingerprint density at radius 1 is 1.45 bits per heavy atom. The van der Waals surface area contributed by atoms with Crippen molar-refractivity contribution in [1.29, 1.82) is 0 Å². The molecule has 1 saturated heterocycles. The van der Waals surface area contributed by atoms with Gasteiger partial charge >= 0.3 is 12.0 Å². The average Bonchev–Trinajstić information content (AvgIpc) is 2.43. The number of carboxylic acid groups (broad SMARTS) is 1. The third-order valence-corrected chi connectivity index (χ3v) is 4.03. The third kappa shape index (κ3) is 4.37. The van der Waals surface area contributed by atoms with Crippen molar-refractivity contribution in [3.63, 3.8) is 0 Å². The standard InChI is InChI=1S/C14H26N2O4/c1-4-11-6-8-16(12(9-11)13(18)19)14(20)15(3)7-5-10(2)17/h10-12,17H,4-9H2,1-3H3,(H,18,19). The Morgan fingerprint density at radius 3 is 2.60 bits per heavy atom. The zero-order chi connectivity index (χ0) is 15.3. The molecule has 0 spiro atoms. The molecule has 3 unspecified atom stereocenters. The molecule has 1 aliphatic heterocycles. The maximum absolute atomic E-state index is 12.3. The van der Waals surface area contributed by atoms with Crippen molar-refractivity contribution in [2.75, 3.05) is 20.1 Å². The molecule has 1 rings (SSSR count). The van der Waals surface area contributed by atoms with Gasteiger partial charge in [0.15, 0.2) is 0 Å². The first-order chi connectivity index (χ1) is 9.36. The molecule has 6 heteroatoms. The number of piperidine rings is 1. The number of hydrogen-bond acceptors (Lipinski definition) is 3. The van der Waals surface area contributed by atoms with Gasteiger partial charge in [-0.05, 0) is 32.1 Å². The van der Waals surface area contributed by atoms with Crippen LogP contribution in [0.1, 0.15) is 39.5 Å². The molecule has 1 heterocycles. The molecule has 2 amide bonds. The van der Waals surface area contributed by atoms with E-state index in [0.717, 1.165) is 12.8 Å². The minimum Gasteiger partial charge on any atom is -0.480 e. The lowest BCUT2D eigenvalue weighted by Crippen LogP contribution is -2.54. The fourth-order valence-corrected chi connectivity index (χ4v) is 2.57. The van der Waals surface area contributed by atoms with E-state index >= 15 is 0 Å². The van der Waals surface area contributed by atoms with Crippen LogP contribution >= 0.6 is 0 Å². The first kappa shape index (κ1) is 16.8. The van der Waals surface area contributed by atoms with E-state index < -0.39 is 18.1 Å². The van der Waals surface area contributed by atoms with Crippen molar-refractivity contribution in [2.24, 2.45) is 5.92 Å². The second-order valence-electron chi connectivity index (χ2n) is 5.69. The van der Waals surface area contributed by atoms with Crippen LogP contribution in [-0.4, -0.2) is 64.3 Å². The van der Waals surface area contributed by atoms with E-state index in [-0.39, 0.29) is 6.03 Å². The first-order valence-corrected chi connectivity index (χ1v) is 7.29. The normalized spacial score (nSPS) is 24.3. The summed E-state index contributed by atoms with van der Waals surface area (Å²) in [7, 11) is 1.65. The summed E-state index contributed by atoms with van der Waals surface area (Å²) in [5, 5.41) is 18.6. The number of rotatable bonds is 5. The maximum atomic E-state index is 12.3. The fourth-order valence-electron chi connectivity index (χ4n) is 2.57. The van der Waals surface area contributed by atoms with Crippen molar-refractivity contribution < 1.29 is 19.8 Å². The molecule has 0 aromatic heterocycles. The lowest BCUT2D eigenvalue weighted by Gasteiger charge is -2.39. The molecule has 0 aromatic carbocycles. The van der Waals surface area contributed by atoms with Crippen molar-refractivity contribution in [1.82, 2.24) is 9.80 Å². The Balaban J connectivity index is 2.67. The average molecular weight is 286 g/mol. The molecule has 1 fully saturated rings. The summed E-state index contributed by atoms with van der Waals surface area (Å²) in [5.74, 6) is -0.552. The van der Waals surface area contributed by atoms with E-state index in [4.69, 9.17) is 0 Å². The molecule has 6 nitrogen and oxygen atoms in total. The zero-order valence-corrected chi connectivity index (χ0v) is 12.6. The van der Waals surface area contributed by atoms with Gasteiger partial charge in [-0.2, -0.15) is 0 Å². The monoisotopic (exact) mass is 286 g/mol. The largest absolute Gasteiger partial charge is 0.480 e. The number of urea groups is 1. The van der Waals surface area contributed by atoms with Crippen molar-refractivity contribution >= 4 is 12.0 Å². The summed E-state index contributed by atoms with van der Waals surface area (Å²) in [4.78, 5) is 26.6. The van der Waals surface area contributed by atoms with Crippen LogP contribution in [0.15, 0.2) is 0 Å². The highest BCUT2D eigenvalue weighted by atomic mass is 16.4. The number of carbonyl (C=O) groups excluding carboxylic acids is 1. The van der Waals surface area contributed by atoms with Gasteiger partial charge in [0, 0.05) is 20.1 Å². The van der Waals surface area contributed by atoms with Gasteiger partial charge in [-0.1, -0.05) is 13.3 Å². The summed E-state index contributed by atoms with van der Waals surface area (Å²) in [5.41, 5.74) is 0. The molecule has 0 radical (unpaired) electrons. The number of nitrogens with zero attached hydrogens (tertiary/aromatic N) is 2. The van der Waals surface area contributed by atoms with Gasteiger partial charge in [0.2, 0.25) is 0 Å². The lowest BCUT2D eigenvalue weighted by atomic mass is 9.89. The Bertz CT molecular complexity index is 346. The minimum absolute atomic E-state index is 0.257. The van der Waals surface area contributed by atoms with E-state index in [0.29, 0.717) is 31.8 Å².